The average Bonchev–Trinajstić information content (AvgIpc) is 3.56. The van der Waals surface area contributed by atoms with Gasteiger partial charge in [-0.15, -0.1) is 5.10 Å². The zero-order chi connectivity index (χ0) is 37.3. The van der Waals surface area contributed by atoms with Crippen LogP contribution in [-0.4, -0.2) is 81.1 Å². The molecule has 3 aromatic heterocycles. The zero-order valence-corrected chi connectivity index (χ0v) is 30.1. The monoisotopic (exact) mass is 755 g/mol. The molecule has 1 aliphatic heterocycles. The Morgan fingerprint density at radius 3 is 2.51 bits per heavy atom. The highest BCUT2D eigenvalue weighted by Crippen LogP contribution is 2.51. The normalized spacial score (nSPS) is 20.6. The molecule has 1 saturated carbocycles. The number of hydrogen-bond acceptors (Lipinski definition) is 9. The second-order valence-corrected chi connectivity index (χ2v) is 16.0. The summed E-state index contributed by atoms with van der Waals surface area (Å²) >= 11 is 6.27. The van der Waals surface area contributed by atoms with Crippen molar-refractivity contribution in [2.45, 2.75) is 82.6 Å². The van der Waals surface area contributed by atoms with E-state index in [0.717, 1.165) is 12.8 Å². The van der Waals surface area contributed by atoms with Crippen molar-refractivity contribution in [3.8, 4) is 11.7 Å². The zero-order valence-electron chi connectivity index (χ0n) is 28.5. The van der Waals surface area contributed by atoms with Crippen molar-refractivity contribution < 1.29 is 41.0 Å². The summed E-state index contributed by atoms with van der Waals surface area (Å²) in [5.74, 6) is -1.77. The van der Waals surface area contributed by atoms with Crippen LogP contribution in [0.25, 0.3) is 5.82 Å². The molecule has 0 radical (unpaired) electrons. The number of hydrogen-bond donors (Lipinski definition) is 3. The molecule has 3 N–H and O–H groups in total. The fourth-order valence-corrected chi connectivity index (χ4v) is 7.65. The number of anilines is 1. The number of alkyl halides is 3. The molecule has 3 unspecified atom stereocenters. The molecule has 0 bridgehead atoms. The van der Waals surface area contributed by atoms with Gasteiger partial charge in [0.2, 0.25) is 5.88 Å². The molecule has 1 aliphatic carbocycles. The molecule has 0 spiro atoms. The smallest absolute Gasteiger partial charge is 0.407 e. The first kappa shape index (κ1) is 38.1. The maximum absolute atomic E-state index is 13.2. The Balaban J connectivity index is 1.17. The molecule has 278 valence electrons. The summed E-state index contributed by atoms with van der Waals surface area (Å²) in [5.41, 5.74) is -0.663. The lowest BCUT2D eigenvalue weighted by Gasteiger charge is -2.28. The Bertz CT molecular complexity index is 1860. The van der Waals surface area contributed by atoms with Crippen LogP contribution in [0.4, 0.5) is 23.8 Å². The molecular formula is C33H41ClF3N7O6S. The molecule has 2 fully saturated rings. The van der Waals surface area contributed by atoms with Crippen molar-refractivity contribution in [2.75, 3.05) is 18.5 Å². The van der Waals surface area contributed by atoms with E-state index in [0.29, 0.717) is 18.8 Å². The number of nitrogens with zero attached hydrogens (tertiary/aromatic N) is 5. The van der Waals surface area contributed by atoms with Crippen LogP contribution >= 0.6 is 11.6 Å². The predicted molar refractivity (Wildman–Crippen MR) is 181 cm³/mol. The number of aromatic nitrogens is 4. The highest BCUT2D eigenvalue weighted by atomic mass is 35.5. The second-order valence-electron chi connectivity index (χ2n) is 14.0. The summed E-state index contributed by atoms with van der Waals surface area (Å²) in [6.45, 7) is 8.41. The highest BCUT2D eigenvalue weighted by Gasteiger charge is 2.55. The van der Waals surface area contributed by atoms with E-state index in [1.807, 2.05) is 32.4 Å². The van der Waals surface area contributed by atoms with Gasteiger partial charge in [-0.2, -0.15) is 21.6 Å². The first-order valence-electron chi connectivity index (χ1n) is 16.6. The summed E-state index contributed by atoms with van der Waals surface area (Å²) in [7, 11) is -4.43. The van der Waals surface area contributed by atoms with Crippen molar-refractivity contribution in [2.24, 2.45) is 23.7 Å². The van der Waals surface area contributed by atoms with Gasteiger partial charge in [0, 0.05) is 30.4 Å². The lowest BCUT2D eigenvalue weighted by atomic mass is 9.89. The first-order chi connectivity index (χ1) is 23.8. The van der Waals surface area contributed by atoms with Crippen LogP contribution in [0, 0.1) is 23.7 Å². The van der Waals surface area contributed by atoms with Crippen LogP contribution in [0.1, 0.15) is 70.2 Å². The maximum Gasteiger partial charge on any atom is 0.407 e. The Hall–Kier alpha value is -4.12. The Kier molecular flexibility index (Phi) is 11.1. The van der Waals surface area contributed by atoms with E-state index in [9.17, 15) is 36.3 Å². The third-order valence-electron chi connectivity index (χ3n) is 9.40. The minimum atomic E-state index is -4.43. The lowest BCUT2D eigenvalue weighted by molar-refractivity contribution is -0.151. The molecule has 4 atom stereocenters. The van der Waals surface area contributed by atoms with Gasteiger partial charge in [-0.3, -0.25) is 4.79 Å². The van der Waals surface area contributed by atoms with Crippen molar-refractivity contribution in [1.29, 1.82) is 0 Å². The molecule has 3 aromatic rings. The fraction of sp³-hybridized carbons (Fsp3) is 0.545. The molecule has 4 heterocycles. The SMILES string of the molecule is CC(C)C(CC[C@@H]1CN(C(=O)O)C(C)(C)C1)Nc1cccc(S(=O)(=O)NC(=O)c2ccc(-n3ccc(OCCC4CC4C(F)(F)F)n3)nc2Cl)n1. The van der Waals surface area contributed by atoms with Gasteiger partial charge in [0.15, 0.2) is 10.8 Å². The number of sulfonamides is 1. The first-order valence-corrected chi connectivity index (χ1v) is 18.4. The summed E-state index contributed by atoms with van der Waals surface area (Å²) < 4.78 is 73.4. The number of pyridine rings is 2. The van der Waals surface area contributed by atoms with Crippen LogP contribution in [0.2, 0.25) is 5.15 Å². The van der Waals surface area contributed by atoms with Gasteiger partial charge in [-0.05, 0) is 88.0 Å². The second kappa shape index (κ2) is 14.9. The maximum atomic E-state index is 13.2. The minimum absolute atomic E-state index is 0.0658. The van der Waals surface area contributed by atoms with E-state index in [-0.39, 0.29) is 59.7 Å². The van der Waals surface area contributed by atoms with Gasteiger partial charge in [0.25, 0.3) is 15.9 Å². The lowest BCUT2D eigenvalue weighted by Crippen LogP contribution is -2.41. The molecular weight excluding hydrogens is 715 g/mol. The average molecular weight is 756 g/mol. The fourth-order valence-electron chi connectivity index (χ4n) is 6.48. The molecule has 13 nitrogen and oxygen atoms in total. The van der Waals surface area contributed by atoms with E-state index >= 15 is 0 Å². The van der Waals surface area contributed by atoms with Gasteiger partial charge in [0.1, 0.15) is 11.0 Å². The number of ether oxygens (including phenoxy) is 1. The van der Waals surface area contributed by atoms with Crippen molar-refractivity contribution >= 4 is 39.4 Å². The van der Waals surface area contributed by atoms with E-state index in [2.05, 4.69) is 20.4 Å². The number of carbonyl (C=O) groups excluding carboxylic acids is 1. The number of rotatable bonds is 14. The Morgan fingerprint density at radius 2 is 1.88 bits per heavy atom. The number of likely N-dealkylation sites (tertiary alicyclic amines) is 1. The van der Waals surface area contributed by atoms with E-state index in [1.54, 1.807) is 6.07 Å². The number of amides is 2. The predicted octanol–water partition coefficient (Wildman–Crippen LogP) is 6.40. The summed E-state index contributed by atoms with van der Waals surface area (Å²) in [4.78, 5) is 34.6. The van der Waals surface area contributed by atoms with Gasteiger partial charge >= 0.3 is 12.3 Å². The Labute approximate surface area is 299 Å². The number of nitrogens with one attached hydrogen (secondary N) is 2. The minimum Gasteiger partial charge on any atom is -0.477 e. The summed E-state index contributed by atoms with van der Waals surface area (Å²) in [6.07, 6.45) is -1.05. The van der Waals surface area contributed by atoms with Crippen molar-refractivity contribution in [3.63, 3.8) is 0 Å². The van der Waals surface area contributed by atoms with E-state index in [4.69, 9.17) is 16.3 Å². The molecule has 5 rings (SSSR count). The standard InChI is InChI=1S/C33H41ClF3N7O6S/c1-19(2)24(10-8-20-17-32(3,4)43(18-20)31(46)47)38-25-6-5-7-28(39-25)51(48,49)42-30(45)22-9-11-26(40-29(22)34)44-14-12-27(41-44)50-15-13-21-16-23(21)33(35,36)37/h5-7,9,11-12,14,19-21,23-24H,8,10,13,15-18H2,1-4H3,(H,38,39)(H,42,45)(H,46,47)/t20-,21?,23?,24?/m0/s1. The molecule has 2 amide bonds. The van der Waals surface area contributed by atoms with Crippen LogP contribution in [-0.2, 0) is 10.0 Å². The Morgan fingerprint density at radius 1 is 1.14 bits per heavy atom. The van der Waals surface area contributed by atoms with Gasteiger partial charge in [-0.25, -0.2) is 24.2 Å². The van der Waals surface area contributed by atoms with Gasteiger partial charge < -0.3 is 20.1 Å². The molecule has 1 saturated heterocycles. The summed E-state index contributed by atoms with van der Waals surface area (Å²) in [6, 6.07) is 8.48. The number of halogens is 4. The van der Waals surface area contributed by atoms with Crippen LogP contribution in [0.5, 0.6) is 5.88 Å². The quantitative estimate of drug-likeness (QED) is 0.157. The van der Waals surface area contributed by atoms with E-state index in [1.165, 1.54) is 46.1 Å². The third kappa shape index (κ3) is 9.41. The van der Waals surface area contributed by atoms with Crippen molar-refractivity contribution in [1.82, 2.24) is 29.4 Å². The number of carbonyl (C=O) groups is 2. The summed E-state index contributed by atoms with van der Waals surface area (Å²) in [5, 5.41) is 16.4. The molecule has 18 heteroatoms. The largest absolute Gasteiger partial charge is 0.477 e. The topological polar surface area (TPSA) is 169 Å². The third-order valence-corrected chi connectivity index (χ3v) is 10.9. The highest BCUT2D eigenvalue weighted by molar-refractivity contribution is 7.90. The van der Waals surface area contributed by atoms with Crippen molar-refractivity contribution in [3.05, 3.63) is 53.3 Å². The molecule has 51 heavy (non-hydrogen) atoms. The van der Waals surface area contributed by atoms with E-state index < -0.39 is 50.6 Å². The van der Waals surface area contributed by atoms with Crippen LogP contribution < -0.4 is 14.8 Å². The van der Waals surface area contributed by atoms with Crippen LogP contribution in [0.3, 0.4) is 0 Å². The van der Waals surface area contributed by atoms with Gasteiger partial charge in [-0.1, -0.05) is 31.5 Å². The van der Waals surface area contributed by atoms with Crippen LogP contribution in [0.15, 0.2) is 47.6 Å². The molecule has 2 aliphatic rings. The number of carboxylic acid groups (broad SMARTS) is 1. The molecule has 0 aromatic carbocycles. The van der Waals surface area contributed by atoms with Gasteiger partial charge in [0.05, 0.1) is 18.1 Å².